The number of nitrogens with zero attached hydrogens (tertiary/aromatic N) is 2. The van der Waals surface area contributed by atoms with Gasteiger partial charge in [-0.2, -0.15) is 5.10 Å². The highest BCUT2D eigenvalue weighted by Gasteiger charge is 2.21. The van der Waals surface area contributed by atoms with Crippen LogP contribution in [0.25, 0.3) is 0 Å². The number of benzene rings is 1. The third-order valence-corrected chi connectivity index (χ3v) is 4.46. The summed E-state index contributed by atoms with van der Waals surface area (Å²) >= 11 is 5.99. The monoisotopic (exact) mass is 375 g/mol. The average Bonchev–Trinajstić information content (AvgIpc) is 3.22. The molecular formula is C19H19ClFN3O2. The largest absolute Gasteiger partial charge is 0.467 e. The molecule has 1 unspecified atom stereocenters. The molecule has 3 aromatic rings. The molecule has 136 valence electrons. The van der Waals surface area contributed by atoms with E-state index in [4.69, 9.17) is 16.0 Å². The molecular weight excluding hydrogens is 357 g/mol. The number of aromatic nitrogens is 2. The van der Waals surface area contributed by atoms with Crippen molar-refractivity contribution in [1.29, 1.82) is 0 Å². The number of aryl methyl sites for hydroxylation is 2. The summed E-state index contributed by atoms with van der Waals surface area (Å²) in [6, 6.07) is 9.64. The highest BCUT2D eigenvalue weighted by atomic mass is 35.5. The van der Waals surface area contributed by atoms with E-state index in [1.807, 2.05) is 30.7 Å². The fourth-order valence-electron chi connectivity index (χ4n) is 2.88. The van der Waals surface area contributed by atoms with Crippen LogP contribution in [0.1, 0.15) is 28.8 Å². The van der Waals surface area contributed by atoms with Crippen molar-refractivity contribution >= 4 is 17.5 Å². The predicted molar refractivity (Wildman–Crippen MR) is 96.7 cm³/mol. The minimum Gasteiger partial charge on any atom is -0.467 e. The van der Waals surface area contributed by atoms with Crippen molar-refractivity contribution in [2.45, 2.75) is 26.3 Å². The van der Waals surface area contributed by atoms with Crippen LogP contribution in [0.2, 0.25) is 5.02 Å². The fraction of sp³-hybridized carbons (Fsp3) is 0.263. The Bertz CT molecular complexity index is 885. The first-order valence-electron chi connectivity index (χ1n) is 8.21. The predicted octanol–water partition coefficient (Wildman–Crippen LogP) is 3.83. The molecule has 7 heteroatoms. The van der Waals surface area contributed by atoms with E-state index < -0.39 is 5.82 Å². The van der Waals surface area contributed by atoms with Crippen molar-refractivity contribution in [3.05, 3.63) is 76.2 Å². The Hall–Kier alpha value is -2.60. The zero-order valence-corrected chi connectivity index (χ0v) is 15.3. The van der Waals surface area contributed by atoms with E-state index in [0.29, 0.717) is 5.76 Å². The van der Waals surface area contributed by atoms with Crippen molar-refractivity contribution in [1.82, 2.24) is 15.1 Å². The zero-order valence-electron chi connectivity index (χ0n) is 14.5. The topological polar surface area (TPSA) is 60.1 Å². The van der Waals surface area contributed by atoms with Gasteiger partial charge in [-0.1, -0.05) is 17.7 Å². The maximum absolute atomic E-state index is 13.9. The molecule has 2 aromatic heterocycles. The minimum atomic E-state index is -0.492. The number of carbonyl (C=O) groups excluding carboxylic acids is 1. The second-order valence-electron chi connectivity index (χ2n) is 6.08. The number of hydrogen-bond donors (Lipinski definition) is 1. The quantitative estimate of drug-likeness (QED) is 0.712. The van der Waals surface area contributed by atoms with Crippen LogP contribution < -0.4 is 5.32 Å². The van der Waals surface area contributed by atoms with Gasteiger partial charge < -0.3 is 9.73 Å². The molecule has 0 spiro atoms. The third kappa shape index (κ3) is 3.96. The molecule has 1 atom stereocenters. The van der Waals surface area contributed by atoms with Crippen LogP contribution in [0.4, 0.5) is 4.39 Å². The Kier molecular flexibility index (Phi) is 5.42. The number of halogens is 2. The third-order valence-electron chi connectivity index (χ3n) is 4.10. The van der Waals surface area contributed by atoms with Crippen molar-refractivity contribution in [3.8, 4) is 0 Å². The molecule has 5 nitrogen and oxygen atoms in total. The normalized spacial score (nSPS) is 12.2. The molecule has 0 saturated heterocycles. The van der Waals surface area contributed by atoms with Gasteiger partial charge in [-0.25, -0.2) is 4.39 Å². The summed E-state index contributed by atoms with van der Waals surface area (Å²) in [4.78, 5) is 12.3. The maximum atomic E-state index is 13.9. The second kappa shape index (κ2) is 7.74. The van der Waals surface area contributed by atoms with Gasteiger partial charge in [0, 0.05) is 22.8 Å². The lowest BCUT2D eigenvalue weighted by Gasteiger charge is -2.18. The highest BCUT2D eigenvalue weighted by Crippen LogP contribution is 2.21. The molecule has 1 amide bonds. The first-order valence-corrected chi connectivity index (χ1v) is 8.59. The van der Waals surface area contributed by atoms with Crippen LogP contribution in [0.3, 0.4) is 0 Å². The Labute approximate surface area is 155 Å². The summed E-state index contributed by atoms with van der Waals surface area (Å²) in [5, 5.41) is 7.54. The molecule has 1 N–H and O–H groups in total. The molecule has 3 rings (SSSR count). The van der Waals surface area contributed by atoms with Crippen LogP contribution in [-0.2, 0) is 11.2 Å². The van der Waals surface area contributed by atoms with Gasteiger partial charge in [0.15, 0.2) is 0 Å². The van der Waals surface area contributed by atoms with E-state index >= 15 is 0 Å². The summed E-state index contributed by atoms with van der Waals surface area (Å²) in [5.41, 5.74) is 2.02. The standard InChI is InChI=1S/C19H19ClFN3O2/c1-12-9-13(2)24(23-12)17(18-7-4-8-26-18)11-22-19(25)10-14-15(20)5-3-6-16(14)21/h3-9,17H,10-11H2,1-2H3,(H,22,25). The van der Waals surface area contributed by atoms with E-state index in [1.165, 1.54) is 12.1 Å². The van der Waals surface area contributed by atoms with E-state index in [0.717, 1.165) is 11.4 Å². The van der Waals surface area contributed by atoms with E-state index in [-0.39, 0.29) is 35.5 Å². The number of carbonyl (C=O) groups is 1. The summed E-state index contributed by atoms with van der Waals surface area (Å²) in [6.07, 6.45) is 1.45. The summed E-state index contributed by atoms with van der Waals surface area (Å²) in [5.74, 6) is -0.135. The Balaban J connectivity index is 1.74. The zero-order chi connectivity index (χ0) is 18.7. The molecule has 0 aliphatic carbocycles. The van der Waals surface area contributed by atoms with Gasteiger partial charge in [0.2, 0.25) is 5.91 Å². The van der Waals surface area contributed by atoms with Crippen LogP contribution >= 0.6 is 11.6 Å². The smallest absolute Gasteiger partial charge is 0.224 e. The Morgan fingerprint density at radius 3 is 2.77 bits per heavy atom. The van der Waals surface area contributed by atoms with Gasteiger partial charge in [-0.15, -0.1) is 0 Å². The molecule has 0 fully saturated rings. The summed E-state index contributed by atoms with van der Waals surface area (Å²) < 4.78 is 21.2. The summed E-state index contributed by atoms with van der Waals surface area (Å²) in [7, 11) is 0. The van der Waals surface area contributed by atoms with Gasteiger partial charge in [0.05, 0.1) is 18.4 Å². The first-order chi connectivity index (χ1) is 12.5. The Morgan fingerprint density at radius 2 is 2.15 bits per heavy atom. The lowest BCUT2D eigenvalue weighted by atomic mass is 10.1. The molecule has 2 heterocycles. The van der Waals surface area contributed by atoms with Gasteiger partial charge in [0.25, 0.3) is 0 Å². The van der Waals surface area contributed by atoms with Gasteiger partial charge in [0.1, 0.15) is 17.6 Å². The molecule has 0 bridgehead atoms. The van der Waals surface area contributed by atoms with Crippen molar-refractivity contribution in [3.63, 3.8) is 0 Å². The molecule has 0 aliphatic rings. The summed E-state index contributed by atoms with van der Waals surface area (Å²) in [6.45, 7) is 4.11. The lowest BCUT2D eigenvalue weighted by Crippen LogP contribution is -2.33. The molecule has 0 saturated carbocycles. The number of hydrogen-bond acceptors (Lipinski definition) is 3. The SMILES string of the molecule is Cc1cc(C)n(C(CNC(=O)Cc2c(F)cccc2Cl)c2ccco2)n1. The molecule has 1 aromatic carbocycles. The van der Waals surface area contributed by atoms with Gasteiger partial charge >= 0.3 is 0 Å². The number of rotatable bonds is 6. The maximum Gasteiger partial charge on any atom is 0.224 e. The van der Waals surface area contributed by atoms with E-state index in [2.05, 4.69) is 10.4 Å². The molecule has 26 heavy (non-hydrogen) atoms. The average molecular weight is 376 g/mol. The van der Waals surface area contributed by atoms with E-state index in [1.54, 1.807) is 18.4 Å². The van der Waals surface area contributed by atoms with Gasteiger partial charge in [-0.3, -0.25) is 9.48 Å². The molecule has 0 radical (unpaired) electrons. The lowest BCUT2D eigenvalue weighted by molar-refractivity contribution is -0.120. The van der Waals surface area contributed by atoms with Crippen LogP contribution in [0, 0.1) is 19.7 Å². The van der Waals surface area contributed by atoms with Crippen LogP contribution in [0.15, 0.2) is 47.1 Å². The fourth-order valence-corrected chi connectivity index (χ4v) is 3.11. The minimum absolute atomic E-state index is 0.131. The van der Waals surface area contributed by atoms with Gasteiger partial charge in [-0.05, 0) is 44.2 Å². The highest BCUT2D eigenvalue weighted by molar-refractivity contribution is 6.31. The van der Waals surface area contributed by atoms with Crippen molar-refractivity contribution < 1.29 is 13.6 Å². The van der Waals surface area contributed by atoms with Crippen LogP contribution in [0.5, 0.6) is 0 Å². The number of amides is 1. The Morgan fingerprint density at radius 1 is 1.35 bits per heavy atom. The number of nitrogens with one attached hydrogen (secondary N) is 1. The van der Waals surface area contributed by atoms with Crippen molar-refractivity contribution in [2.75, 3.05) is 6.54 Å². The first kappa shape index (κ1) is 18.2. The van der Waals surface area contributed by atoms with Crippen molar-refractivity contribution in [2.24, 2.45) is 0 Å². The van der Waals surface area contributed by atoms with Crippen LogP contribution in [-0.4, -0.2) is 22.2 Å². The number of furan rings is 1. The molecule has 0 aliphatic heterocycles. The van der Waals surface area contributed by atoms with E-state index in [9.17, 15) is 9.18 Å². The second-order valence-corrected chi connectivity index (χ2v) is 6.49.